The summed E-state index contributed by atoms with van der Waals surface area (Å²) in [5.41, 5.74) is 2.16. The molecule has 0 spiro atoms. The molecule has 0 aromatic carbocycles. The van der Waals surface area contributed by atoms with Crippen LogP contribution in [0, 0.1) is 6.92 Å². The molecule has 23 heavy (non-hydrogen) atoms. The molecule has 0 bridgehead atoms. The lowest BCUT2D eigenvalue weighted by atomic mass is 10.1. The van der Waals surface area contributed by atoms with Crippen LogP contribution in [0.4, 0.5) is 0 Å². The van der Waals surface area contributed by atoms with Crippen LogP contribution in [0.5, 0.6) is 0 Å². The molecule has 120 valence electrons. The van der Waals surface area contributed by atoms with Crippen LogP contribution < -0.4 is 0 Å². The number of amides is 1. The first-order valence-corrected chi connectivity index (χ1v) is 7.67. The monoisotopic (exact) mass is 313 g/mol. The standard InChI is InChI=1S/C16H19N5O2/c1-12-8-19-15(9-18-12)16(22)21-6-7-23-14(10-21)3-2-13-4-5-17-11-20-13/h4-5,8-9,11,14H,2-3,6-7,10H2,1H3. The van der Waals surface area contributed by atoms with E-state index < -0.39 is 0 Å². The van der Waals surface area contributed by atoms with E-state index in [1.807, 2.05) is 13.0 Å². The summed E-state index contributed by atoms with van der Waals surface area (Å²) < 4.78 is 5.76. The second-order valence-electron chi connectivity index (χ2n) is 5.53. The van der Waals surface area contributed by atoms with E-state index >= 15 is 0 Å². The highest BCUT2D eigenvalue weighted by atomic mass is 16.5. The Morgan fingerprint density at radius 2 is 2.26 bits per heavy atom. The number of rotatable bonds is 4. The van der Waals surface area contributed by atoms with Crippen LogP contribution in [0.3, 0.4) is 0 Å². The molecule has 3 rings (SSSR count). The molecule has 7 heteroatoms. The summed E-state index contributed by atoms with van der Waals surface area (Å²) in [7, 11) is 0. The van der Waals surface area contributed by atoms with Gasteiger partial charge in [0.25, 0.3) is 5.91 Å². The van der Waals surface area contributed by atoms with Crippen molar-refractivity contribution >= 4 is 5.91 Å². The van der Waals surface area contributed by atoms with Crippen molar-refractivity contribution in [2.75, 3.05) is 19.7 Å². The zero-order chi connectivity index (χ0) is 16.1. The molecule has 0 radical (unpaired) electrons. The number of carbonyl (C=O) groups is 1. The Morgan fingerprint density at radius 3 is 3.00 bits per heavy atom. The molecule has 2 aromatic rings. The molecule has 1 amide bonds. The fraction of sp³-hybridized carbons (Fsp3) is 0.438. The normalized spacial score (nSPS) is 18.0. The molecule has 1 aliphatic heterocycles. The minimum Gasteiger partial charge on any atom is -0.375 e. The van der Waals surface area contributed by atoms with Gasteiger partial charge in [-0.3, -0.25) is 9.78 Å². The summed E-state index contributed by atoms with van der Waals surface area (Å²) in [6.07, 6.45) is 8.06. The topological polar surface area (TPSA) is 81.1 Å². The van der Waals surface area contributed by atoms with Gasteiger partial charge in [-0.15, -0.1) is 0 Å². The Kier molecular flexibility index (Phi) is 4.87. The highest BCUT2D eigenvalue weighted by Crippen LogP contribution is 2.13. The second kappa shape index (κ2) is 7.23. The third kappa shape index (κ3) is 4.07. The highest BCUT2D eigenvalue weighted by molar-refractivity contribution is 5.92. The van der Waals surface area contributed by atoms with Crippen LogP contribution >= 0.6 is 0 Å². The molecule has 1 fully saturated rings. The van der Waals surface area contributed by atoms with Gasteiger partial charge in [-0.2, -0.15) is 0 Å². The zero-order valence-electron chi connectivity index (χ0n) is 13.1. The summed E-state index contributed by atoms with van der Waals surface area (Å²) in [5.74, 6) is -0.0900. The smallest absolute Gasteiger partial charge is 0.274 e. The van der Waals surface area contributed by atoms with E-state index in [-0.39, 0.29) is 12.0 Å². The predicted octanol–water partition coefficient (Wildman–Crippen LogP) is 1.05. The Balaban J connectivity index is 1.57. The van der Waals surface area contributed by atoms with Crippen molar-refractivity contribution in [3.63, 3.8) is 0 Å². The predicted molar refractivity (Wildman–Crippen MR) is 82.8 cm³/mol. The van der Waals surface area contributed by atoms with Crippen LogP contribution in [0.1, 0.15) is 28.3 Å². The number of carbonyl (C=O) groups excluding carboxylic acids is 1. The number of aromatic nitrogens is 4. The van der Waals surface area contributed by atoms with Gasteiger partial charge >= 0.3 is 0 Å². The van der Waals surface area contributed by atoms with Crippen molar-refractivity contribution in [2.45, 2.75) is 25.9 Å². The van der Waals surface area contributed by atoms with E-state index in [4.69, 9.17) is 4.74 Å². The molecule has 0 saturated carbocycles. The quantitative estimate of drug-likeness (QED) is 0.839. The van der Waals surface area contributed by atoms with Gasteiger partial charge in [-0.25, -0.2) is 15.0 Å². The van der Waals surface area contributed by atoms with E-state index in [0.717, 1.165) is 24.2 Å². The lowest BCUT2D eigenvalue weighted by molar-refractivity contribution is -0.0248. The Hall–Kier alpha value is -2.41. The van der Waals surface area contributed by atoms with Gasteiger partial charge in [0.15, 0.2) is 0 Å². The molecule has 0 aliphatic carbocycles. The van der Waals surface area contributed by atoms with Crippen LogP contribution in [0.2, 0.25) is 0 Å². The van der Waals surface area contributed by atoms with Crippen LogP contribution in [0.25, 0.3) is 0 Å². The molecular weight excluding hydrogens is 294 g/mol. The van der Waals surface area contributed by atoms with E-state index in [9.17, 15) is 4.79 Å². The molecule has 1 atom stereocenters. The third-order valence-electron chi connectivity index (χ3n) is 3.79. The van der Waals surface area contributed by atoms with Crippen molar-refractivity contribution in [3.8, 4) is 0 Å². The maximum Gasteiger partial charge on any atom is 0.274 e. The zero-order valence-corrected chi connectivity index (χ0v) is 13.1. The van der Waals surface area contributed by atoms with Gasteiger partial charge in [0.2, 0.25) is 0 Å². The fourth-order valence-electron chi connectivity index (χ4n) is 2.52. The first kappa shape index (κ1) is 15.5. The average Bonchev–Trinajstić information content (AvgIpc) is 2.61. The van der Waals surface area contributed by atoms with Gasteiger partial charge < -0.3 is 9.64 Å². The summed E-state index contributed by atoms with van der Waals surface area (Å²) in [6.45, 7) is 3.54. The SMILES string of the molecule is Cc1cnc(C(=O)N2CCOC(CCc3ccncn3)C2)cn1. The number of hydrogen-bond donors (Lipinski definition) is 0. The molecule has 3 heterocycles. The van der Waals surface area contributed by atoms with Gasteiger partial charge in [0.1, 0.15) is 12.0 Å². The third-order valence-corrected chi connectivity index (χ3v) is 3.79. The minimum absolute atomic E-state index is 0.0149. The van der Waals surface area contributed by atoms with E-state index in [1.54, 1.807) is 23.6 Å². The fourth-order valence-corrected chi connectivity index (χ4v) is 2.52. The van der Waals surface area contributed by atoms with Crippen molar-refractivity contribution in [2.24, 2.45) is 0 Å². The first-order chi connectivity index (χ1) is 11.2. The van der Waals surface area contributed by atoms with E-state index in [1.165, 1.54) is 6.20 Å². The number of morpholine rings is 1. The van der Waals surface area contributed by atoms with Gasteiger partial charge in [-0.1, -0.05) is 0 Å². The molecule has 2 aromatic heterocycles. The number of nitrogens with zero attached hydrogens (tertiary/aromatic N) is 5. The van der Waals surface area contributed by atoms with Crippen molar-refractivity contribution in [1.29, 1.82) is 0 Å². The number of aryl methyl sites for hydroxylation is 2. The van der Waals surface area contributed by atoms with E-state index in [2.05, 4.69) is 19.9 Å². The second-order valence-corrected chi connectivity index (χ2v) is 5.53. The van der Waals surface area contributed by atoms with Gasteiger partial charge in [0, 0.05) is 31.2 Å². The van der Waals surface area contributed by atoms with Crippen molar-refractivity contribution in [3.05, 3.63) is 48.1 Å². The minimum atomic E-state index is -0.0900. The first-order valence-electron chi connectivity index (χ1n) is 7.67. The van der Waals surface area contributed by atoms with Crippen LogP contribution in [-0.4, -0.2) is 56.5 Å². The lowest BCUT2D eigenvalue weighted by Crippen LogP contribution is -2.46. The molecule has 7 nitrogen and oxygen atoms in total. The number of ether oxygens (including phenoxy) is 1. The maximum atomic E-state index is 12.5. The Bertz CT molecular complexity index is 647. The summed E-state index contributed by atoms with van der Waals surface area (Å²) in [5, 5.41) is 0. The summed E-state index contributed by atoms with van der Waals surface area (Å²) in [6, 6.07) is 1.90. The van der Waals surface area contributed by atoms with Crippen LogP contribution in [0.15, 0.2) is 31.0 Å². The summed E-state index contributed by atoms with van der Waals surface area (Å²) >= 11 is 0. The van der Waals surface area contributed by atoms with Crippen molar-refractivity contribution in [1.82, 2.24) is 24.8 Å². The summed E-state index contributed by atoms with van der Waals surface area (Å²) in [4.78, 5) is 30.7. The average molecular weight is 313 g/mol. The number of hydrogen-bond acceptors (Lipinski definition) is 6. The highest BCUT2D eigenvalue weighted by Gasteiger charge is 2.25. The largest absolute Gasteiger partial charge is 0.375 e. The van der Waals surface area contributed by atoms with Gasteiger partial charge in [0.05, 0.1) is 24.6 Å². The van der Waals surface area contributed by atoms with Crippen molar-refractivity contribution < 1.29 is 9.53 Å². The maximum absolute atomic E-state index is 12.5. The van der Waals surface area contributed by atoms with E-state index in [0.29, 0.717) is 25.4 Å². The van der Waals surface area contributed by atoms with Crippen LogP contribution in [-0.2, 0) is 11.2 Å². The Labute approximate surface area is 134 Å². The van der Waals surface area contributed by atoms with Gasteiger partial charge in [-0.05, 0) is 25.8 Å². The molecule has 1 unspecified atom stereocenters. The molecule has 1 saturated heterocycles. The molecule has 0 N–H and O–H groups in total. The lowest BCUT2D eigenvalue weighted by Gasteiger charge is -2.32. The molecular formula is C16H19N5O2. The Morgan fingerprint density at radius 1 is 1.35 bits per heavy atom. The molecule has 1 aliphatic rings.